The van der Waals surface area contributed by atoms with E-state index in [-0.39, 0.29) is 6.03 Å². The molecular formula is C18H20N4O. The van der Waals surface area contributed by atoms with Gasteiger partial charge in [-0.15, -0.1) is 0 Å². The molecule has 1 aromatic carbocycles. The highest BCUT2D eigenvalue weighted by atomic mass is 16.2. The Morgan fingerprint density at radius 2 is 2.09 bits per heavy atom. The summed E-state index contributed by atoms with van der Waals surface area (Å²) in [6.07, 6.45) is 4.66. The summed E-state index contributed by atoms with van der Waals surface area (Å²) in [7, 11) is 0. The van der Waals surface area contributed by atoms with E-state index in [0.29, 0.717) is 19.5 Å². The van der Waals surface area contributed by atoms with E-state index in [2.05, 4.69) is 21.7 Å². The minimum absolute atomic E-state index is 0.157. The number of aromatic nitrogens is 2. The molecule has 23 heavy (non-hydrogen) atoms. The van der Waals surface area contributed by atoms with E-state index >= 15 is 0 Å². The number of urea groups is 1. The predicted octanol–water partition coefficient (Wildman–Crippen LogP) is 2.68. The summed E-state index contributed by atoms with van der Waals surface area (Å²) in [5, 5.41) is 5.72. The minimum atomic E-state index is -0.157. The van der Waals surface area contributed by atoms with Crippen molar-refractivity contribution in [3.05, 3.63) is 71.7 Å². The van der Waals surface area contributed by atoms with Gasteiger partial charge >= 0.3 is 6.03 Å². The van der Waals surface area contributed by atoms with Crippen molar-refractivity contribution in [2.24, 2.45) is 0 Å². The van der Waals surface area contributed by atoms with Crippen LogP contribution < -0.4 is 10.6 Å². The number of hydrogen-bond acceptors (Lipinski definition) is 2. The first-order valence-electron chi connectivity index (χ1n) is 7.70. The lowest BCUT2D eigenvalue weighted by Crippen LogP contribution is -2.36. The predicted molar refractivity (Wildman–Crippen MR) is 90.3 cm³/mol. The van der Waals surface area contributed by atoms with Crippen molar-refractivity contribution in [1.29, 1.82) is 0 Å². The third kappa shape index (κ3) is 4.10. The molecule has 3 aromatic rings. The monoisotopic (exact) mass is 308 g/mol. The van der Waals surface area contributed by atoms with Crippen molar-refractivity contribution in [3.8, 4) is 0 Å². The van der Waals surface area contributed by atoms with Crippen LogP contribution in [-0.4, -0.2) is 22.0 Å². The van der Waals surface area contributed by atoms with Gasteiger partial charge in [0, 0.05) is 31.9 Å². The largest absolute Gasteiger partial charge is 0.338 e. The lowest BCUT2D eigenvalue weighted by atomic mass is 10.1. The van der Waals surface area contributed by atoms with Gasteiger partial charge in [-0.25, -0.2) is 9.78 Å². The molecule has 2 amide bonds. The molecule has 0 saturated heterocycles. The fraction of sp³-hybridized carbons (Fsp3) is 0.222. The van der Waals surface area contributed by atoms with Crippen LogP contribution in [-0.2, 0) is 13.0 Å². The Morgan fingerprint density at radius 3 is 2.91 bits per heavy atom. The molecule has 0 unspecified atom stereocenters. The van der Waals surface area contributed by atoms with Crippen LogP contribution in [0.2, 0.25) is 0 Å². The number of carbonyl (C=O) groups excluding carboxylic acids is 1. The highest BCUT2D eigenvalue weighted by molar-refractivity contribution is 5.73. The normalized spacial score (nSPS) is 10.7. The molecule has 5 nitrogen and oxygen atoms in total. The zero-order valence-corrected chi connectivity index (χ0v) is 13.1. The Hall–Kier alpha value is -2.82. The number of nitrogens with zero attached hydrogens (tertiary/aromatic N) is 2. The van der Waals surface area contributed by atoms with Gasteiger partial charge in [0.1, 0.15) is 5.65 Å². The van der Waals surface area contributed by atoms with Gasteiger partial charge in [-0.3, -0.25) is 0 Å². The summed E-state index contributed by atoms with van der Waals surface area (Å²) >= 11 is 0. The number of carbonyl (C=O) groups is 1. The van der Waals surface area contributed by atoms with Crippen LogP contribution in [0.25, 0.3) is 5.65 Å². The van der Waals surface area contributed by atoms with Crippen LogP contribution in [0.1, 0.15) is 16.8 Å². The molecule has 0 aliphatic carbocycles. The maximum absolute atomic E-state index is 11.8. The number of nitrogens with one attached hydrogen (secondary N) is 2. The van der Waals surface area contributed by atoms with Crippen LogP contribution in [0.5, 0.6) is 0 Å². The molecule has 5 heteroatoms. The van der Waals surface area contributed by atoms with Crippen molar-refractivity contribution in [1.82, 2.24) is 20.0 Å². The third-order valence-electron chi connectivity index (χ3n) is 3.62. The first kappa shape index (κ1) is 15.1. The van der Waals surface area contributed by atoms with E-state index in [1.54, 1.807) is 0 Å². The maximum Gasteiger partial charge on any atom is 0.315 e. The second-order valence-corrected chi connectivity index (χ2v) is 5.55. The van der Waals surface area contributed by atoms with Gasteiger partial charge in [0.25, 0.3) is 0 Å². The summed E-state index contributed by atoms with van der Waals surface area (Å²) < 4.78 is 1.98. The van der Waals surface area contributed by atoms with Gasteiger partial charge in [0.2, 0.25) is 0 Å². The molecule has 2 aromatic heterocycles. The number of hydrogen-bond donors (Lipinski definition) is 2. The number of imidazole rings is 1. The van der Waals surface area contributed by atoms with E-state index < -0.39 is 0 Å². The minimum Gasteiger partial charge on any atom is -0.338 e. The Kier molecular flexibility index (Phi) is 4.57. The number of pyridine rings is 1. The van der Waals surface area contributed by atoms with Crippen LogP contribution in [0.4, 0.5) is 4.79 Å². The average Bonchev–Trinajstić information content (AvgIpc) is 2.96. The number of amides is 2. The molecule has 0 fully saturated rings. The van der Waals surface area contributed by atoms with Crippen molar-refractivity contribution in [2.75, 3.05) is 6.54 Å². The van der Waals surface area contributed by atoms with Crippen molar-refractivity contribution < 1.29 is 4.79 Å². The van der Waals surface area contributed by atoms with Gasteiger partial charge in [0.15, 0.2) is 0 Å². The second kappa shape index (κ2) is 6.96. The van der Waals surface area contributed by atoms with E-state index in [9.17, 15) is 4.79 Å². The molecule has 0 spiro atoms. The Morgan fingerprint density at radius 1 is 1.17 bits per heavy atom. The fourth-order valence-electron chi connectivity index (χ4n) is 2.48. The summed E-state index contributed by atoms with van der Waals surface area (Å²) in [6, 6.07) is 13.8. The lowest BCUT2D eigenvalue weighted by Gasteiger charge is -2.07. The molecule has 0 saturated carbocycles. The summed E-state index contributed by atoms with van der Waals surface area (Å²) in [4.78, 5) is 16.3. The molecule has 0 aliphatic rings. The highest BCUT2D eigenvalue weighted by Crippen LogP contribution is 2.05. The first-order chi connectivity index (χ1) is 11.2. The molecule has 118 valence electrons. The molecule has 0 radical (unpaired) electrons. The molecular weight excluding hydrogens is 288 g/mol. The summed E-state index contributed by atoms with van der Waals surface area (Å²) in [5.41, 5.74) is 4.18. The van der Waals surface area contributed by atoms with Gasteiger partial charge < -0.3 is 15.0 Å². The first-order valence-corrected chi connectivity index (χ1v) is 7.70. The lowest BCUT2D eigenvalue weighted by molar-refractivity contribution is 0.240. The van der Waals surface area contributed by atoms with Gasteiger partial charge in [-0.2, -0.15) is 0 Å². The highest BCUT2D eigenvalue weighted by Gasteiger charge is 2.03. The van der Waals surface area contributed by atoms with Crippen molar-refractivity contribution in [2.45, 2.75) is 19.9 Å². The average molecular weight is 308 g/mol. The van der Waals surface area contributed by atoms with Crippen LogP contribution >= 0.6 is 0 Å². The fourth-order valence-corrected chi connectivity index (χ4v) is 2.48. The molecule has 2 N–H and O–H groups in total. The van der Waals surface area contributed by atoms with E-state index in [0.717, 1.165) is 16.9 Å². The van der Waals surface area contributed by atoms with E-state index in [1.165, 1.54) is 5.56 Å². The van der Waals surface area contributed by atoms with Crippen LogP contribution in [0, 0.1) is 6.92 Å². The number of rotatable bonds is 5. The molecule has 3 rings (SSSR count). The summed E-state index contributed by atoms with van der Waals surface area (Å²) in [6.45, 7) is 3.13. The van der Waals surface area contributed by atoms with E-state index in [4.69, 9.17) is 0 Å². The topological polar surface area (TPSA) is 58.4 Å². The Bertz CT molecular complexity index is 776. The van der Waals surface area contributed by atoms with Crippen LogP contribution in [0.15, 0.2) is 54.9 Å². The molecule has 0 aliphatic heterocycles. The zero-order valence-electron chi connectivity index (χ0n) is 13.1. The van der Waals surface area contributed by atoms with E-state index in [1.807, 2.05) is 60.1 Å². The maximum atomic E-state index is 11.8. The number of aryl methyl sites for hydroxylation is 1. The van der Waals surface area contributed by atoms with Crippen molar-refractivity contribution >= 4 is 11.7 Å². The Balaban J connectivity index is 1.44. The van der Waals surface area contributed by atoms with Crippen LogP contribution in [0.3, 0.4) is 0 Å². The third-order valence-corrected chi connectivity index (χ3v) is 3.62. The zero-order chi connectivity index (χ0) is 16.1. The van der Waals surface area contributed by atoms with Gasteiger partial charge in [-0.05, 0) is 24.6 Å². The second-order valence-electron chi connectivity index (χ2n) is 5.55. The quantitative estimate of drug-likeness (QED) is 0.761. The standard InChI is InChI=1S/C18H20N4O/c1-14-5-4-6-15(11-14)12-20-18(23)19-9-8-16-13-22-10-3-2-7-17(22)21-16/h2-7,10-11,13H,8-9,12H2,1H3,(H2,19,20,23). The molecule has 2 heterocycles. The molecule has 0 bridgehead atoms. The number of benzene rings is 1. The molecule has 0 atom stereocenters. The smallest absolute Gasteiger partial charge is 0.315 e. The van der Waals surface area contributed by atoms with Gasteiger partial charge in [0.05, 0.1) is 5.69 Å². The SMILES string of the molecule is Cc1cccc(CNC(=O)NCCc2cn3ccccc3n2)c1. The summed E-state index contributed by atoms with van der Waals surface area (Å²) in [5.74, 6) is 0. The number of fused-ring (bicyclic) bond motifs is 1. The van der Waals surface area contributed by atoms with Crippen molar-refractivity contribution in [3.63, 3.8) is 0 Å². The Labute approximate surface area is 135 Å². The van der Waals surface area contributed by atoms with Gasteiger partial charge in [-0.1, -0.05) is 35.9 Å².